The van der Waals surface area contributed by atoms with Crippen LogP contribution in [0.2, 0.25) is 0 Å². The van der Waals surface area contributed by atoms with Crippen LogP contribution in [0.4, 0.5) is 0 Å². The van der Waals surface area contributed by atoms with Crippen molar-refractivity contribution in [3.05, 3.63) is 29.8 Å². The monoisotopic (exact) mass is 249 g/mol. The third kappa shape index (κ3) is 4.00. The molecule has 3 nitrogen and oxygen atoms in total. The van der Waals surface area contributed by atoms with Crippen LogP contribution in [0.3, 0.4) is 0 Å². The van der Waals surface area contributed by atoms with Crippen molar-refractivity contribution in [2.45, 2.75) is 38.3 Å². The van der Waals surface area contributed by atoms with E-state index in [4.69, 9.17) is 9.47 Å². The molecule has 1 aromatic rings. The summed E-state index contributed by atoms with van der Waals surface area (Å²) < 4.78 is 11.2. The lowest BCUT2D eigenvalue weighted by Crippen LogP contribution is -2.25. The van der Waals surface area contributed by atoms with E-state index in [0.29, 0.717) is 6.04 Å². The maximum atomic E-state index is 5.94. The van der Waals surface area contributed by atoms with Crippen molar-refractivity contribution in [2.24, 2.45) is 0 Å². The number of hydrogen-bond acceptors (Lipinski definition) is 3. The van der Waals surface area contributed by atoms with Crippen molar-refractivity contribution in [3.63, 3.8) is 0 Å². The van der Waals surface area contributed by atoms with Gasteiger partial charge in [0.05, 0.1) is 13.2 Å². The van der Waals surface area contributed by atoms with Crippen LogP contribution in [-0.2, 0) is 4.74 Å². The first kappa shape index (κ1) is 13.4. The Balaban J connectivity index is 1.99. The molecular weight excluding hydrogens is 226 g/mol. The van der Waals surface area contributed by atoms with Crippen LogP contribution in [0.15, 0.2) is 24.3 Å². The largest absolute Gasteiger partial charge is 0.497 e. The second-order valence-electron chi connectivity index (χ2n) is 4.82. The Bertz CT molecular complexity index is 363. The molecule has 0 radical (unpaired) electrons. The molecule has 1 N–H and O–H groups in total. The first-order valence-corrected chi connectivity index (χ1v) is 6.82. The normalized spacial score (nSPS) is 16.6. The number of ether oxygens (including phenoxy) is 2. The summed E-state index contributed by atoms with van der Waals surface area (Å²) in [5.74, 6) is 0.893. The predicted molar refractivity (Wildman–Crippen MR) is 73.0 cm³/mol. The number of hydrogen-bond donors (Lipinski definition) is 1. The highest BCUT2D eigenvalue weighted by molar-refractivity contribution is 5.30. The Labute approximate surface area is 109 Å². The number of nitrogens with one attached hydrogen (secondary N) is 1. The highest BCUT2D eigenvalue weighted by Gasteiger charge is 2.22. The summed E-state index contributed by atoms with van der Waals surface area (Å²) >= 11 is 0. The van der Waals surface area contributed by atoms with Crippen LogP contribution in [0.5, 0.6) is 5.75 Å². The van der Waals surface area contributed by atoms with Crippen molar-refractivity contribution in [1.82, 2.24) is 5.32 Å². The Morgan fingerprint density at radius 3 is 2.89 bits per heavy atom. The van der Waals surface area contributed by atoms with E-state index in [-0.39, 0.29) is 6.10 Å². The molecule has 0 aromatic heterocycles. The molecule has 1 aliphatic rings. The molecule has 0 spiro atoms. The third-order valence-corrected chi connectivity index (χ3v) is 3.16. The molecule has 1 aromatic carbocycles. The molecule has 3 heteroatoms. The molecule has 1 aliphatic carbocycles. The second kappa shape index (κ2) is 6.76. The second-order valence-corrected chi connectivity index (χ2v) is 4.82. The zero-order valence-corrected chi connectivity index (χ0v) is 11.3. The maximum absolute atomic E-state index is 5.94. The minimum absolute atomic E-state index is 0.126. The third-order valence-electron chi connectivity index (χ3n) is 3.16. The molecule has 0 amide bonds. The SMILES string of the molecule is CCCOC(CNC1CC1)c1cccc(OC)c1. The zero-order valence-electron chi connectivity index (χ0n) is 11.3. The van der Waals surface area contributed by atoms with E-state index in [0.717, 1.165) is 25.3 Å². The summed E-state index contributed by atoms with van der Waals surface area (Å²) in [7, 11) is 1.70. The molecule has 1 unspecified atom stereocenters. The fourth-order valence-electron chi connectivity index (χ4n) is 1.94. The first-order chi connectivity index (χ1) is 8.83. The Morgan fingerprint density at radius 1 is 1.39 bits per heavy atom. The van der Waals surface area contributed by atoms with Gasteiger partial charge in [-0.25, -0.2) is 0 Å². The van der Waals surface area contributed by atoms with Gasteiger partial charge in [0.15, 0.2) is 0 Å². The molecular formula is C15H23NO2. The summed E-state index contributed by atoms with van der Waals surface area (Å²) in [5.41, 5.74) is 1.19. The van der Waals surface area contributed by atoms with Crippen LogP contribution in [0.25, 0.3) is 0 Å². The van der Waals surface area contributed by atoms with Crippen LogP contribution < -0.4 is 10.1 Å². The lowest BCUT2D eigenvalue weighted by molar-refractivity contribution is 0.0526. The van der Waals surface area contributed by atoms with E-state index >= 15 is 0 Å². The molecule has 1 fully saturated rings. The van der Waals surface area contributed by atoms with Crippen molar-refractivity contribution in [3.8, 4) is 5.75 Å². The van der Waals surface area contributed by atoms with E-state index in [2.05, 4.69) is 24.4 Å². The number of rotatable bonds is 8. The van der Waals surface area contributed by atoms with E-state index in [1.165, 1.54) is 18.4 Å². The quantitative estimate of drug-likeness (QED) is 0.768. The van der Waals surface area contributed by atoms with E-state index < -0.39 is 0 Å². The summed E-state index contributed by atoms with van der Waals surface area (Å²) in [4.78, 5) is 0. The molecule has 100 valence electrons. The van der Waals surface area contributed by atoms with E-state index in [9.17, 15) is 0 Å². The minimum atomic E-state index is 0.126. The smallest absolute Gasteiger partial charge is 0.119 e. The molecule has 1 saturated carbocycles. The van der Waals surface area contributed by atoms with Gasteiger partial charge in [-0.15, -0.1) is 0 Å². The number of methoxy groups -OCH3 is 1. The Morgan fingerprint density at radius 2 is 2.22 bits per heavy atom. The van der Waals surface area contributed by atoms with Crippen LogP contribution >= 0.6 is 0 Å². The van der Waals surface area contributed by atoms with Crippen molar-refractivity contribution >= 4 is 0 Å². The van der Waals surface area contributed by atoms with Crippen molar-refractivity contribution in [1.29, 1.82) is 0 Å². The van der Waals surface area contributed by atoms with Gasteiger partial charge in [0.2, 0.25) is 0 Å². The molecule has 0 aliphatic heterocycles. The summed E-state index contributed by atoms with van der Waals surface area (Å²) in [6.07, 6.45) is 3.78. The highest BCUT2D eigenvalue weighted by Crippen LogP contribution is 2.24. The predicted octanol–water partition coefficient (Wildman–Crippen LogP) is 2.91. The number of benzene rings is 1. The average molecular weight is 249 g/mol. The molecule has 1 atom stereocenters. The minimum Gasteiger partial charge on any atom is -0.497 e. The Kier molecular flexibility index (Phi) is 5.02. The highest BCUT2D eigenvalue weighted by atomic mass is 16.5. The first-order valence-electron chi connectivity index (χ1n) is 6.82. The molecule has 0 heterocycles. The molecule has 0 saturated heterocycles. The summed E-state index contributed by atoms with van der Waals surface area (Å²) in [6, 6.07) is 8.87. The lowest BCUT2D eigenvalue weighted by Gasteiger charge is -2.19. The van der Waals surface area contributed by atoms with Gasteiger partial charge in [-0.3, -0.25) is 0 Å². The summed E-state index contributed by atoms with van der Waals surface area (Å²) in [5, 5.41) is 3.54. The van der Waals surface area contributed by atoms with E-state index in [1.54, 1.807) is 7.11 Å². The van der Waals surface area contributed by atoms with Crippen molar-refractivity contribution < 1.29 is 9.47 Å². The standard InChI is InChI=1S/C15H23NO2/c1-3-9-18-15(11-16-13-7-8-13)12-5-4-6-14(10-12)17-2/h4-6,10,13,15-16H,3,7-9,11H2,1-2H3. The average Bonchev–Trinajstić information content (AvgIpc) is 3.23. The van der Waals surface area contributed by atoms with Gasteiger partial charge in [-0.1, -0.05) is 19.1 Å². The van der Waals surface area contributed by atoms with Gasteiger partial charge in [0.25, 0.3) is 0 Å². The topological polar surface area (TPSA) is 30.5 Å². The fraction of sp³-hybridized carbons (Fsp3) is 0.600. The van der Waals surface area contributed by atoms with Gasteiger partial charge in [-0.05, 0) is 37.0 Å². The van der Waals surface area contributed by atoms with Gasteiger partial charge in [-0.2, -0.15) is 0 Å². The van der Waals surface area contributed by atoms with Crippen molar-refractivity contribution in [2.75, 3.05) is 20.3 Å². The molecule has 0 bridgehead atoms. The zero-order chi connectivity index (χ0) is 12.8. The maximum Gasteiger partial charge on any atom is 0.119 e. The van der Waals surface area contributed by atoms with Gasteiger partial charge in [0, 0.05) is 19.2 Å². The van der Waals surface area contributed by atoms with Gasteiger partial charge in [0.1, 0.15) is 5.75 Å². The van der Waals surface area contributed by atoms with Crippen LogP contribution in [0.1, 0.15) is 37.9 Å². The van der Waals surface area contributed by atoms with Gasteiger partial charge < -0.3 is 14.8 Å². The molecule has 2 rings (SSSR count). The van der Waals surface area contributed by atoms with E-state index in [1.807, 2.05) is 12.1 Å². The lowest BCUT2D eigenvalue weighted by atomic mass is 10.1. The Hall–Kier alpha value is -1.06. The fourth-order valence-corrected chi connectivity index (χ4v) is 1.94. The van der Waals surface area contributed by atoms with Crippen LogP contribution in [-0.4, -0.2) is 26.3 Å². The molecule has 18 heavy (non-hydrogen) atoms. The van der Waals surface area contributed by atoms with Crippen LogP contribution in [0, 0.1) is 0 Å². The van der Waals surface area contributed by atoms with Gasteiger partial charge >= 0.3 is 0 Å². The summed E-state index contributed by atoms with van der Waals surface area (Å²) in [6.45, 7) is 3.82.